The highest BCUT2D eigenvalue weighted by atomic mass is 16.5. The van der Waals surface area contributed by atoms with Crippen molar-refractivity contribution in [1.29, 1.82) is 0 Å². The molecule has 2 aromatic carbocycles. The minimum atomic E-state index is -0.188. The summed E-state index contributed by atoms with van der Waals surface area (Å²) >= 11 is 0. The van der Waals surface area contributed by atoms with E-state index >= 15 is 0 Å². The van der Waals surface area contributed by atoms with Crippen LogP contribution in [-0.4, -0.2) is 46.1 Å². The van der Waals surface area contributed by atoms with Gasteiger partial charge in [-0.1, -0.05) is 0 Å². The standard InChI is InChI=1S/C19H23N3O3/c1-22(2)16-8-4-14(5-9-16)18(23)20-12-13-21-19(24)15-6-10-17(25-3)11-7-15/h4-11H,12-13H2,1-3H3,(H,20,23)(H,21,24). The first-order valence-electron chi connectivity index (χ1n) is 7.99. The highest BCUT2D eigenvalue weighted by Crippen LogP contribution is 2.12. The number of anilines is 1. The number of methoxy groups -OCH3 is 1. The zero-order valence-corrected chi connectivity index (χ0v) is 14.7. The van der Waals surface area contributed by atoms with Crippen molar-refractivity contribution in [3.05, 3.63) is 59.7 Å². The number of carbonyl (C=O) groups is 2. The van der Waals surface area contributed by atoms with Gasteiger partial charge in [-0.15, -0.1) is 0 Å². The van der Waals surface area contributed by atoms with E-state index in [1.165, 1.54) is 0 Å². The Morgan fingerprint density at radius 3 is 1.68 bits per heavy atom. The topological polar surface area (TPSA) is 70.7 Å². The molecule has 2 rings (SSSR count). The fourth-order valence-corrected chi connectivity index (χ4v) is 2.21. The van der Waals surface area contributed by atoms with Crippen molar-refractivity contribution in [3.8, 4) is 5.75 Å². The number of benzene rings is 2. The highest BCUT2D eigenvalue weighted by Gasteiger charge is 2.07. The number of hydrogen-bond donors (Lipinski definition) is 2. The molecule has 25 heavy (non-hydrogen) atoms. The molecule has 0 atom stereocenters. The van der Waals surface area contributed by atoms with Crippen molar-refractivity contribution in [2.45, 2.75) is 0 Å². The van der Waals surface area contributed by atoms with E-state index in [2.05, 4.69) is 10.6 Å². The number of rotatable bonds is 7. The summed E-state index contributed by atoms with van der Waals surface area (Å²) in [4.78, 5) is 26.0. The predicted molar refractivity (Wildman–Crippen MR) is 98.4 cm³/mol. The molecule has 0 aromatic heterocycles. The average Bonchev–Trinajstić information content (AvgIpc) is 2.65. The van der Waals surface area contributed by atoms with Crippen LogP contribution in [0.4, 0.5) is 5.69 Å². The first-order chi connectivity index (χ1) is 12.0. The molecule has 0 aliphatic rings. The van der Waals surface area contributed by atoms with E-state index in [4.69, 9.17) is 4.74 Å². The summed E-state index contributed by atoms with van der Waals surface area (Å²) in [6, 6.07) is 14.2. The van der Waals surface area contributed by atoms with Gasteiger partial charge in [0.05, 0.1) is 7.11 Å². The van der Waals surface area contributed by atoms with E-state index < -0.39 is 0 Å². The highest BCUT2D eigenvalue weighted by molar-refractivity contribution is 5.95. The smallest absolute Gasteiger partial charge is 0.251 e. The zero-order chi connectivity index (χ0) is 18.2. The van der Waals surface area contributed by atoms with Gasteiger partial charge in [0.25, 0.3) is 11.8 Å². The molecule has 0 spiro atoms. The van der Waals surface area contributed by atoms with Crippen molar-refractivity contribution < 1.29 is 14.3 Å². The van der Waals surface area contributed by atoms with Crippen LogP contribution in [0.15, 0.2) is 48.5 Å². The van der Waals surface area contributed by atoms with Crippen molar-refractivity contribution in [1.82, 2.24) is 10.6 Å². The lowest BCUT2D eigenvalue weighted by Crippen LogP contribution is -2.34. The first kappa shape index (κ1) is 18.3. The molecular formula is C19H23N3O3. The Morgan fingerprint density at radius 1 is 0.840 bits per heavy atom. The first-order valence-corrected chi connectivity index (χ1v) is 7.99. The molecule has 0 aliphatic carbocycles. The third kappa shape index (κ3) is 5.24. The Hall–Kier alpha value is -3.02. The van der Waals surface area contributed by atoms with Crippen LogP contribution < -0.4 is 20.3 Å². The monoisotopic (exact) mass is 341 g/mol. The summed E-state index contributed by atoms with van der Waals surface area (Å²) in [5.41, 5.74) is 2.17. The number of nitrogens with one attached hydrogen (secondary N) is 2. The van der Waals surface area contributed by atoms with Crippen LogP contribution >= 0.6 is 0 Å². The zero-order valence-electron chi connectivity index (χ0n) is 14.7. The molecule has 0 fully saturated rings. The molecule has 0 bridgehead atoms. The molecule has 0 unspecified atom stereocenters. The van der Waals surface area contributed by atoms with E-state index in [0.29, 0.717) is 30.0 Å². The molecule has 2 aromatic rings. The van der Waals surface area contributed by atoms with E-state index in [1.54, 1.807) is 43.5 Å². The van der Waals surface area contributed by atoms with Gasteiger partial charge in [-0.2, -0.15) is 0 Å². The van der Waals surface area contributed by atoms with Gasteiger partial charge >= 0.3 is 0 Å². The second-order valence-corrected chi connectivity index (χ2v) is 5.68. The van der Waals surface area contributed by atoms with Gasteiger partial charge in [0.15, 0.2) is 0 Å². The van der Waals surface area contributed by atoms with Crippen molar-refractivity contribution in [3.63, 3.8) is 0 Å². The Balaban J connectivity index is 1.76. The van der Waals surface area contributed by atoms with Crippen LogP contribution in [0, 0.1) is 0 Å². The molecule has 132 valence electrons. The summed E-state index contributed by atoms with van der Waals surface area (Å²) in [5, 5.41) is 5.55. The molecule has 6 heteroatoms. The summed E-state index contributed by atoms with van der Waals surface area (Å²) in [5.74, 6) is 0.348. The van der Waals surface area contributed by atoms with Crippen LogP contribution in [0.5, 0.6) is 5.75 Å². The minimum Gasteiger partial charge on any atom is -0.497 e. The van der Waals surface area contributed by atoms with E-state index in [9.17, 15) is 9.59 Å². The number of ether oxygens (including phenoxy) is 1. The minimum absolute atomic E-state index is 0.163. The van der Waals surface area contributed by atoms with Crippen LogP contribution in [0.3, 0.4) is 0 Å². The lowest BCUT2D eigenvalue weighted by molar-refractivity contribution is 0.0927. The SMILES string of the molecule is COc1ccc(C(=O)NCCNC(=O)c2ccc(N(C)C)cc2)cc1. The number of hydrogen-bond acceptors (Lipinski definition) is 4. The summed E-state index contributed by atoms with van der Waals surface area (Å²) in [7, 11) is 5.47. The molecule has 0 aliphatic heterocycles. The molecule has 2 amide bonds. The molecule has 0 saturated heterocycles. The second kappa shape index (κ2) is 8.73. The number of carbonyl (C=O) groups excluding carboxylic acids is 2. The maximum Gasteiger partial charge on any atom is 0.251 e. The molecule has 0 radical (unpaired) electrons. The van der Waals surface area contributed by atoms with Crippen LogP contribution in [-0.2, 0) is 0 Å². The van der Waals surface area contributed by atoms with Gasteiger partial charge in [-0.25, -0.2) is 0 Å². The van der Waals surface area contributed by atoms with E-state index in [1.807, 2.05) is 31.1 Å². The maximum atomic E-state index is 12.1. The second-order valence-electron chi connectivity index (χ2n) is 5.68. The quantitative estimate of drug-likeness (QED) is 0.755. The van der Waals surface area contributed by atoms with Gasteiger partial charge in [0, 0.05) is 44.0 Å². The molecule has 0 saturated carbocycles. The van der Waals surface area contributed by atoms with E-state index in [0.717, 1.165) is 5.69 Å². The fourth-order valence-electron chi connectivity index (χ4n) is 2.21. The van der Waals surface area contributed by atoms with Crippen LogP contribution in [0.2, 0.25) is 0 Å². The lowest BCUT2D eigenvalue weighted by atomic mass is 10.2. The average molecular weight is 341 g/mol. The van der Waals surface area contributed by atoms with Gasteiger partial charge in [0.1, 0.15) is 5.75 Å². The van der Waals surface area contributed by atoms with Crippen LogP contribution in [0.1, 0.15) is 20.7 Å². The van der Waals surface area contributed by atoms with Gasteiger partial charge < -0.3 is 20.3 Å². The Kier molecular flexibility index (Phi) is 6.39. The molecule has 2 N–H and O–H groups in total. The molecular weight excluding hydrogens is 318 g/mol. The van der Waals surface area contributed by atoms with Crippen molar-refractivity contribution in [2.24, 2.45) is 0 Å². The van der Waals surface area contributed by atoms with Crippen molar-refractivity contribution >= 4 is 17.5 Å². The third-order valence-electron chi connectivity index (χ3n) is 3.69. The summed E-state index contributed by atoms with van der Waals surface area (Å²) in [6.45, 7) is 0.711. The molecule has 6 nitrogen and oxygen atoms in total. The van der Waals surface area contributed by atoms with E-state index in [-0.39, 0.29) is 11.8 Å². The molecule has 0 heterocycles. The summed E-state index contributed by atoms with van der Waals surface area (Å²) in [6.07, 6.45) is 0. The third-order valence-corrected chi connectivity index (χ3v) is 3.69. The Bertz CT molecular complexity index is 710. The lowest BCUT2D eigenvalue weighted by Gasteiger charge is -2.12. The van der Waals surface area contributed by atoms with Crippen LogP contribution in [0.25, 0.3) is 0 Å². The fraction of sp³-hybridized carbons (Fsp3) is 0.263. The van der Waals surface area contributed by atoms with Gasteiger partial charge in [0.2, 0.25) is 0 Å². The Labute approximate surface area is 147 Å². The maximum absolute atomic E-state index is 12.1. The summed E-state index contributed by atoms with van der Waals surface area (Å²) < 4.78 is 5.05. The largest absolute Gasteiger partial charge is 0.497 e. The number of amides is 2. The predicted octanol–water partition coefficient (Wildman–Crippen LogP) is 1.92. The van der Waals surface area contributed by atoms with Gasteiger partial charge in [-0.3, -0.25) is 9.59 Å². The number of nitrogens with zero attached hydrogens (tertiary/aromatic N) is 1. The van der Waals surface area contributed by atoms with Crippen molar-refractivity contribution in [2.75, 3.05) is 39.2 Å². The Morgan fingerprint density at radius 2 is 1.28 bits per heavy atom. The normalized spacial score (nSPS) is 10.0. The van der Waals surface area contributed by atoms with Gasteiger partial charge in [-0.05, 0) is 48.5 Å².